The van der Waals surface area contributed by atoms with Crippen molar-refractivity contribution in [1.29, 1.82) is 0 Å². The number of aliphatic hydroxyl groups is 1. The van der Waals surface area contributed by atoms with Gasteiger partial charge in [-0.3, -0.25) is 0 Å². The van der Waals surface area contributed by atoms with Crippen molar-refractivity contribution < 1.29 is 9.84 Å². The SMILES string of the molecule is CCCCCCCCC(O)C1(C)OC1(C)C. The van der Waals surface area contributed by atoms with Gasteiger partial charge in [-0.15, -0.1) is 0 Å². The van der Waals surface area contributed by atoms with Gasteiger partial charge in [0.2, 0.25) is 0 Å². The van der Waals surface area contributed by atoms with Crippen molar-refractivity contribution in [3.05, 3.63) is 0 Å². The Bertz CT molecular complexity index is 213. The Hall–Kier alpha value is -0.0800. The highest BCUT2D eigenvalue weighted by Gasteiger charge is 2.63. The van der Waals surface area contributed by atoms with Crippen LogP contribution in [0.15, 0.2) is 0 Å². The zero-order valence-electron chi connectivity index (χ0n) is 11.4. The molecule has 1 rings (SSSR count). The summed E-state index contributed by atoms with van der Waals surface area (Å²) < 4.78 is 5.60. The first-order valence-corrected chi connectivity index (χ1v) is 6.82. The lowest BCUT2D eigenvalue weighted by Gasteiger charge is -2.17. The average Bonchev–Trinajstić information content (AvgIpc) is 2.73. The maximum atomic E-state index is 10.1. The van der Waals surface area contributed by atoms with Gasteiger partial charge in [0.05, 0.1) is 11.7 Å². The van der Waals surface area contributed by atoms with Crippen LogP contribution in [-0.4, -0.2) is 22.4 Å². The molecule has 16 heavy (non-hydrogen) atoms. The van der Waals surface area contributed by atoms with E-state index in [4.69, 9.17) is 4.74 Å². The summed E-state index contributed by atoms with van der Waals surface area (Å²) >= 11 is 0. The molecule has 96 valence electrons. The van der Waals surface area contributed by atoms with Gasteiger partial charge in [0, 0.05) is 0 Å². The van der Waals surface area contributed by atoms with Gasteiger partial charge in [0.15, 0.2) is 0 Å². The van der Waals surface area contributed by atoms with Crippen LogP contribution in [0.25, 0.3) is 0 Å². The quantitative estimate of drug-likeness (QED) is 0.508. The van der Waals surface area contributed by atoms with Crippen LogP contribution in [0.2, 0.25) is 0 Å². The van der Waals surface area contributed by atoms with Crippen LogP contribution in [0.3, 0.4) is 0 Å². The maximum Gasteiger partial charge on any atom is 0.120 e. The standard InChI is InChI=1S/C14H28O2/c1-5-6-7-8-9-10-11-12(15)14(4)13(2,3)16-14/h12,15H,5-11H2,1-4H3. The summed E-state index contributed by atoms with van der Waals surface area (Å²) in [6.45, 7) is 8.36. The van der Waals surface area contributed by atoms with Gasteiger partial charge in [0.1, 0.15) is 5.60 Å². The molecule has 1 aliphatic rings. The number of aliphatic hydroxyl groups excluding tert-OH is 1. The molecule has 0 aliphatic carbocycles. The van der Waals surface area contributed by atoms with Crippen LogP contribution < -0.4 is 0 Å². The van der Waals surface area contributed by atoms with E-state index >= 15 is 0 Å². The number of ether oxygens (including phenoxy) is 1. The second-order valence-corrected chi connectivity index (χ2v) is 5.79. The fraction of sp³-hybridized carbons (Fsp3) is 1.00. The lowest BCUT2D eigenvalue weighted by molar-refractivity contribution is 0.0751. The molecule has 2 heteroatoms. The van der Waals surface area contributed by atoms with Crippen molar-refractivity contribution in [2.75, 3.05) is 0 Å². The van der Waals surface area contributed by atoms with E-state index in [1.807, 2.05) is 6.92 Å². The minimum atomic E-state index is -0.298. The third-order valence-electron chi connectivity index (χ3n) is 4.09. The Kier molecular flexibility index (Phi) is 4.81. The molecule has 1 aliphatic heterocycles. The Balaban J connectivity index is 2.06. The molecule has 0 aromatic carbocycles. The van der Waals surface area contributed by atoms with E-state index in [9.17, 15) is 5.11 Å². The molecule has 0 saturated carbocycles. The molecule has 0 amide bonds. The highest BCUT2D eigenvalue weighted by atomic mass is 16.6. The van der Waals surface area contributed by atoms with Crippen LogP contribution in [0, 0.1) is 0 Å². The average molecular weight is 228 g/mol. The number of rotatable bonds is 8. The zero-order chi connectivity index (χ0) is 12.2. The number of unbranched alkanes of at least 4 members (excludes halogenated alkanes) is 5. The molecule has 1 N–H and O–H groups in total. The van der Waals surface area contributed by atoms with E-state index in [1.165, 1.54) is 32.1 Å². The number of hydrogen-bond acceptors (Lipinski definition) is 2. The Morgan fingerprint density at radius 1 is 1.00 bits per heavy atom. The first-order valence-electron chi connectivity index (χ1n) is 6.82. The molecule has 0 radical (unpaired) electrons. The highest BCUT2D eigenvalue weighted by Crippen LogP contribution is 2.50. The smallest absolute Gasteiger partial charge is 0.120 e. The van der Waals surface area contributed by atoms with Gasteiger partial charge in [-0.25, -0.2) is 0 Å². The first kappa shape index (κ1) is 14.0. The molecule has 0 aromatic heterocycles. The van der Waals surface area contributed by atoms with Crippen molar-refractivity contribution in [3.8, 4) is 0 Å². The van der Waals surface area contributed by atoms with Gasteiger partial charge in [-0.05, 0) is 27.2 Å². The molecule has 1 heterocycles. The lowest BCUT2D eigenvalue weighted by atomic mass is 9.89. The van der Waals surface area contributed by atoms with Crippen molar-refractivity contribution in [1.82, 2.24) is 0 Å². The van der Waals surface area contributed by atoms with Gasteiger partial charge in [-0.2, -0.15) is 0 Å². The monoisotopic (exact) mass is 228 g/mol. The summed E-state index contributed by atoms with van der Waals surface area (Å²) in [5, 5.41) is 10.1. The summed E-state index contributed by atoms with van der Waals surface area (Å²) in [6, 6.07) is 0. The van der Waals surface area contributed by atoms with E-state index < -0.39 is 0 Å². The molecule has 0 spiro atoms. The molecule has 0 aromatic rings. The van der Waals surface area contributed by atoms with Gasteiger partial charge in [0.25, 0.3) is 0 Å². The van der Waals surface area contributed by atoms with Crippen molar-refractivity contribution in [2.24, 2.45) is 0 Å². The molecule has 2 nitrogen and oxygen atoms in total. The largest absolute Gasteiger partial charge is 0.390 e. The van der Waals surface area contributed by atoms with Gasteiger partial charge in [-0.1, -0.05) is 45.4 Å². The minimum absolute atomic E-state index is 0.130. The Morgan fingerprint density at radius 2 is 1.50 bits per heavy atom. The van der Waals surface area contributed by atoms with E-state index in [2.05, 4.69) is 20.8 Å². The van der Waals surface area contributed by atoms with Crippen LogP contribution in [0.1, 0.15) is 72.6 Å². The highest BCUT2D eigenvalue weighted by molar-refractivity contribution is 5.11. The second kappa shape index (κ2) is 5.50. The third-order valence-corrected chi connectivity index (χ3v) is 4.09. The first-order chi connectivity index (χ1) is 7.44. The zero-order valence-corrected chi connectivity index (χ0v) is 11.4. The summed E-state index contributed by atoms with van der Waals surface area (Å²) in [5.41, 5.74) is -0.426. The van der Waals surface area contributed by atoms with Crippen LogP contribution in [-0.2, 0) is 4.74 Å². The van der Waals surface area contributed by atoms with Crippen LogP contribution in [0.5, 0.6) is 0 Å². The van der Waals surface area contributed by atoms with Gasteiger partial charge < -0.3 is 9.84 Å². The van der Waals surface area contributed by atoms with Crippen molar-refractivity contribution >= 4 is 0 Å². The molecule has 0 bridgehead atoms. The minimum Gasteiger partial charge on any atom is -0.390 e. The lowest BCUT2D eigenvalue weighted by Crippen LogP contribution is -2.32. The normalized spacial score (nSPS) is 29.1. The van der Waals surface area contributed by atoms with Crippen molar-refractivity contribution in [3.63, 3.8) is 0 Å². The molecule has 2 atom stereocenters. The van der Waals surface area contributed by atoms with Crippen LogP contribution >= 0.6 is 0 Å². The second-order valence-electron chi connectivity index (χ2n) is 5.79. The molecular weight excluding hydrogens is 200 g/mol. The van der Waals surface area contributed by atoms with Gasteiger partial charge >= 0.3 is 0 Å². The number of hydrogen-bond donors (Lipinski definition) is 1. The predicted molar refractivity (Wildman–Crippen MR) is 67.6 cm³/mol. The molecule has 1 saturated heterocycles. The maximum absolute atomic E-state index is 10.1. The molecular formula is C14H28O2. The Labute approximate surface area is 100 Å². The van der Waals surface area contributed by atoms with E-state index in [0.717, 1.165) is 12.8 Å². The van der Waals surface area contributed by atoms with Crippen LogP contribution in [0.4, 0.5) is 0 Å². The van der Waals surface area contributed by atoms with E-state index in [0.29, 0.717) is 0 Å². The predicted octanol–water partition coefficient (Wildman–Crippen LogP) is 3.67. The molecule has 1 fully saturated rings. The van der Waals surface area contributed by atoms with E-state index in [1.54, 1.807) is 0 Å². The summed E-state index contributed by atoms with van der Waals surface area (Å²) in [5.74, 6) is 0. The Morgan fingerprint density at radius 3 is 2.00 bits per heavy atom. The third kappa shape index (κ3) is 3.21. The van der Waals surface area contributed by atoms with Crippen molar-refractivity contribution in [2.45, 2.75) is 89.9 Å². The fourth-order valence-electron chi connectivity index (χ4n) is 2.37. The topological polar surface area (TPSA) is 32.8 Å². The number of epoxide rings is 1. The summed E-state index contributed by atoms with van der Waals surface area (Å²) in [4.78, 5) is 0. The fourth-order valence-corrected chi connectivity index (χ4v) is 2.37. The van der Waals surface area contributed by atoms with E-state index in [-0.39, 0.29) is 17.3 Å². The molecule has 2 unspecified atom stereocenters. The summed E-state index contributed by atoms with van der Waals surface area (Å²) in [6.07, 6.45) is 8.24. The summed E-state index contributed by atoms with van der Waals surface area (Å²) in [7, 11) is 0.